The number of hydrogen-bond acceptors (Lipinski definition) is 6. The minimum atomic E-state index is 0.469. The van der Waals surface area contributed by atoms with E-state index in [1.807, 2.05) is 0 Å². The van der Waals surface area contributed by atoms with Crippen LogP contribution in [0.2, 0.25) is 0 Å². The third-order valence-corrected chi connectivity index (χ3v) is 7.02. The number of anilines is 1. The average Bonchev–Trinajstić information content (AvgIpc) is 3.49. The largest absolute Gasteiger partial charge is 0.493 e. The summed E-state index contributed by atoms with van der Waals surface area (Å²) in [7, 11) is 1.73. The predicted octanol–water partition coefficient (Wildman–Crippen LogP) is 3.76. The number of hydrogen-bond donors (Lipinski definition) is 2. The Kier molecular flexibility index (Phi) is 6.46. The fraction of sp³-hybridized carbons (Fsp3) is 0.640. The first kappa shape index (κ1) is 20.8. The molecule has 3 heterocycles. The first-order valence-electron chi connectivity index (χ1n) is 12.2. The summed E-state index contributed by atoms with van der Waals surface area (Å²) in [6, 6.07) is 4.69. The van der Waals surface area contributed by atoms with Crippen molar-refractivity contribution in [2.75, 3.05) is 51.8 Å². The molecule has 6 nitrogen and oxygen atoms in total. The van der Waals surface area contributed by atoms with Crippen molar-refractivity contribution in [3.63, 3.8) is 0 Å². The van der Waals surface area contributed by atoms with Gasteiger partial charge in [0.25, 0.3) is 0 Å². The Morgan fingerprint density at radius 1 is 1.13 bits per heavy atom. The third-order valence-electron chi connectivity index (χ3n) is 7.02. The minimum absolute atomic E-state index is 0.469. The van der Waals surface area contributed by atoms with Crippen LogP contribution >= 0.6 is 0 Å². The molecule has 3 aliphatic rings. The number of aromatic nitrogens is 1. The van der Waals surface area contributed by atoms with Gasteiger partial charge in [-0.15, -0.1) is 0 Å². The van der Waals surface area contributed by atoms with E-state index in [1.54, 1.807) is 7.11 Å². The zero-order chi connectivity index (χ0) is 21.0. The maximum absolute atomic E-state index is 6.18. The summed E-state index contributed by atoms with van der Waals surface area (Å²) in [6.45, 7) is 6.45. The van der Waals surface area contributed by atoms with E-state index in [-0.39, 0.29) is 0 Å². The molecule has 1 aromatic carbocycles. The lowest BCUT2D eigenvalue weighted by Crippen LogP contribution is -2.38. The molecule has 2 aromatic rings. The summed E-state index contributed by atoms with van der Waals surface area (Å²) in [5, 5.41) is 8.56. The summed E-state index contributed by atoms with van der Waals surface area (Å²) in [5.74, 6) is 1.62. The average molecular weight is 425 g/mol. The Balaban J connectivity index is 1.39. The van der Waals surface area contributed by atoms with Crippen LogP contribution < -0.4 is 20.1 Å². The molecule has 1 atom stereocenters. The number of rotatable bonds is 8. The molecule has 0 unspecified atom stereocenters. The second-order valence-electron chi connectivity index (χ2n) is 9.22. The molecular weight excluding hydrogens is 388 g/mol. The minimum Gasteiger partial charge on any atom is -0.493 e. The van der Waals surface area contributed by atoms with Crippen LogP contribution in [0, 0.1) is 0 Å². The number of ether oxygens (including phenoxy) is 2. The fourth-order valence-corrected chi connectivity index (χ4v) is 5.36. The van der Waals surface area contributed by atoms with Crippen molar-refractivity contribution in [2.24, 2.45) is 0 Å². The molecule has 168 valence electrons. The van der Waals surface area contributed by atoms with Gasteiger partial charge >= 0.3 is 0 Å². The summed E-state index contributed by atoms with van der Waals surface area (Å²) in [4.78, 5) is 7.57. The van der Waals surface area contributed by atoms with Gasteiger partial charge in [0.05, 0.1) is 19.2 Å². The number of fused-ring (bicyclic) bond motifs is 2. The highest BCUT2D eigenvalue weighted by molar-refractivity contribution is 5.96. The van der Waals surface area contributed by atoms with Gasteiger partial charge in [0, 0.05) is 42.0 Å². The topological polar surface area (TPSA) is 58.6 Å². The van der Waals surface area contributed by atoms with Crippen molar-refractivity contribution >= 4 is 16.6 Å². The zero-order valence-electron chi connectivity index (χ0n) is 18.8. The Bertz CT molecular complexity index is 904. The molecule has 0 radical (unpaired) electrons. The van der Waals surface area contributed by atoms with Gasteiger partial charge in [-0.3, -0.25) is 4.98 Å². The number of likely N-dealkylation sites (tertiary alicyclic amines) is 1. The molecule has 5 rings (SSSR count). The van der Waals surface area contributed by atoms with E-state index in [0.29, 0.717) is 12.6 Å². The van der Waals surface area contributed by atoms with Gasteiger partial charge in [0.1, 0.15) is 0 Å². The lowest BCUT2D eigenvalue weighted by Gasteiger charge is -2.27. The molecule has 0 saturated carbocycles. The van der Waals surface area contributed by atoms with E-state index in [0.717, 1.165) is 61.3 Å². The van der Waals surface area contributed by atoms with Gasteiger partial charge in [0.15, 0.2) is 11.5 Å². The molecule has 1 aromatic heterocycles. The number of nitrogens with zero attached hydrogens (tertiary/aromatic N) is 2. The molecule has 0 amide bonds. The number of aryl methyl sites for hydroxylation is 1. The van der Waals surface area contributed by atoms with E-state index in [2.05, 4.69) is 27.7 Å². The molecule has 2 fully saturated rings. The monoisotopic (exact) mass is 424 g/mol. The van der Waals surface area contributed by atoms with E-state index < -0.39 is 0 Å². The predicted molar refractivity (Wildman–Crippen MR) is 126 cm³/mol. The number of piperidine rings is 1. The summed E-state index contributed by atoms with van der Waals surface area (Å²) in [6.07, 6.45) is 9.51. The van der Waals surface area contributed by atoms with Gasteiger partial charge in [-0.25, -0.2) is 0 Å². The Morgan fingerprint density at radius 2 is 2.03 bits per heavy atom. The molecule has 1 aliphatic carbocycles. The smallest absolute Gasteiger partial charge is 0.163 e. The van der Waals surface area contributed by atoms with Crippen LogP contribution in [0.3, 0.4) is 0 Å². The molecule has 2 saturated heterocycles. The van der Waals surface area contributed by atoms with Gasteiger partial charge in [0.2, 0.25) is 0 Å². The maximum atomic E-state index is 6.18. The van der Waals surface area contributed by atoms with Crippen molar-refractivity contribution in [1.82, 2.24) is 15.2 Å². The number of pyridine rings is 1. The van der Waals surface area contributed by atoms with E-state index in [4.69, 9.17) is 14.5 Å². The zero-order valence-corrected chi connectivity index (χ0v) is 18.8. The molecule has 2 aliphatic heterocycles. The fourth-order valence-electron chi connectivity index (χ4n) is 5.36. The third kappa shape index (κ3) is 4.60. The van der Waals surface area contributed by atoms with E-state index in [1.165, 1.54) is 62.1 Å². The second kappa shape index (κ2) is 9.61. The first-order valence-corrected chi connectivity index (χ1v) is 12.2. The van der Waals surface area contributed by atoms with Crippen molar-refractivity contribution in [2.45, 2.75) is 57.4 Å². The highest BCUT2D eigenvalue weighted by atomic mass is 16.5. The standard InChI is InChI=1S/C25H36N4O2/c1-30-23-15-20-22(16-24(23)31-14-6-13-29-11-2-3-12-29)28-21-9-4-8-19(21)25(20)27-18-7-5-10-26-17-18/h15-16,18,26H,2-14,17H2,1H3,(H,27,28)/t18-/m1/s1. The van der Waals surface area contributed by atoms with Gasteiger partial charge < -0.3 is 25.0 Å². The van der Waals surface area contributed by atoms with Crippen LogP contribution in [0.15, 0.2) is 12.1 Å². The Morgan fingerprint density at radius 3 is 2.84 bits per heavy atom. The van der Waals surface area contributed by atoms with Crippen molar-refractivity contribution in [1.29, 1.82) is 0 Å². The summed E-state index contributed by atoms with van der Waals surface area (Å²) < 4.78 is 11.9. The SMILES string of the molecule is COc1cc2c(N[C@@H]3CCCNC3)c3c(nc2cc1OCCCN1CCCC1)CCC3. The van der Waals surface area contributed by atoms with E-state index in [9.17, 15) is 0 Å². The molecule has 0 spiro atoms. The first-order chi connectivity index (χ1) is 15.3. The van der Waals surface area contributed by atoms with Crippen LogP contribution in [0.5, 0.6) is 11.5 Å². The Hall–Kier alpha value is -2.05. The molecule has 2 N–H and O–H groups in total. The van der Waals surface area contributed by atoms with Crippen molar-refractivity contribution < 1.29 is 9.47 Å². The molecule has 31 heavy (non-hydrogen) atoms. The molecule has 6 heteroatoms. The van der Waals surface area contributed by atoms with Crippen LogP contribution in [0.1, 0.15) is 49.8 Å². The lowest BCUT2D eigenvalue weighted by atomic mass is 10.0. The van der Waals surface area contributed by atoms with Crippen molar-refractivity contribution in [3.05, 3.63) is 23.4 Å². The van der Waals surface area contributed by atoms with Gasteiger partial charge in [-0.1, -0.05) is 0 Å². The summed E-state index contributed by atoms with van der Waals surface area (Å²) in [5.41, 5.74) is 4.94. The normalized spacial score (nSPS) is 21.4. The van der Waals surface area contributed by atoms with Crippen LogP contribution in [0.4, 0.5) is 5.69 Å². The van der Waals surface area contributed by atoms with Gasteiger partial charge in [-0.2, -0.15) is 0 Å². The van der Waals surface area contributed by atoms with Crippen LogP contribution in [-0.2, 0) is 12.8 Å². The van der Waals surface area contributed by atoms with Crippen LogP contribution in [-0.4, -0.2) is 62.4 Å². The molecular formula is C25H36N4O2. The second-order valence-corrected chi connectivity index (χ2v) is 9.22. The number of nitrogens with one attached hydrogen (secondary N) is 2. The quantitative estimate of drug-likeness (QED) is 0.630. The van der Waals surface area contributed by atoms with Gasteiger partial charge in [-0.05, 0) is 82.6 Å². The van der Waals surface area contributed by atoms with Crippen LogP contribution in [0.25, 0.3) is 10.9 Å². The highest BCUT2D eigenvalue weighted by Gasteiger charge is 2.24. The molecule has 0 bridgehead atoms. The number of benzene rings is 1. The van der Waals surface area contributed by atoms with Crippen molar-refractivity contribution in [3.8, 4) is 11.5 Å². The lowest BCUT2D eigenvalue weighted by molar-refractivity contribution is 0.254. The number of methoxy groups -OCH3 is 1. The van der Waals surface area contributed by atoms with E-state index >= 15 is 0 Å². The highest BCUT2D eigenvalue weighted by Crippen LogP contribution is 2.40. The maximum Gasteiger partial charge on any atom is 0.163 e. The Labute approximate surface area is 185 Å². The summed E-state index contributed by atoms with van der Waals surface area (Å²) >= 11 is 0.